The number of carbonyl (C=O) groups excluding carboxylic acids is 1. The second kappa shape index (κ2) is 3.66. The maximum atomic E-state index is 11.0. The number of amides is 1. The standard InChI is InChI=1S/C10H18N2O/c1-8(13)12-6-4-10(5-7-12)11-9-2-3-9/h9-11H,2-7H2,1H3. The Morgan fingerprint density at radius 3 is 2.15 bits per heavy atom. The number of rotatable bonds is 2. The molecule has 74 valence electrons. The van der Waals surface area contributed by atoms with E-state index in [9.17, 15) is 4.79 Å². The molecule has 1 aliphatic heterocycles. The molecular weight excluding hydrogens is 164 g/mol. The number of nitrogens with zero attached hydrogens (tertiary/aromatic N) is 1. The van der Waals surface area contributed by atoms with Gasteiger partial charge in [0.2, 0.25) is 5.91 Å². The number of likely N-dealkylation sites (tertiary alicyclic amines) is 1. The molecule has 3 heteroatoms. The molecule has 1 amide bonds. The van der Waals surface area contributed by atoms with Gasteiger partial charge in [0.1, 0.15) is 0 Å². The minimum Gasteiger partial charge on any atom is -0.343 e. The predicted octanol–water partition coefficient (Wildman–Crippen LogP) is 0.749. The predicted molar refractivity (Wildman–Crippen MR) is 51.4 cm³/mol. The van der Waals surface area contributed by atoms with Crippen molar-refractivity contribution in [2.45, 2.75) is 44.7 Å². The first kappa shape index (κ1) is 9.00. The largest absolute Gasteiger partial charge is 0.343 e. The van der Waals surface area contributed by atoms with Gasteiger partial charge in [0, 0.05) is 32.1 Å². The maximum absolute atomic E-state index is 11.0. The molecule has 0 radical (unpaired) electrons. The SMILES string of the molecule is CC(=O)N1CCC(NC2CC2)CC1. The molecule has 0 aromatic heterocycles. The molecular formula is C10H18N2O. The first-order chi connectivity index (χ1) is 6.25. The van der Waals surface area contributed by atoms with Gasteiger partial charge in [-0.05, 0) is 25.7 Å². The van der Waals surface area contributed by atoms with Gasteiger partial charge in [-0.1, -0.05) is 0 Å². The molecule has 2 fully saturated rings. The number of nitrogens with one attached hydrogen (secondary N) is 1. The van der Waals surface area contributed by atoms with Crippen molar-refractivity contribution in [3.63, 3.8) is 0 Å². The molecule has 0 bridgehead atoms. The van der Waals surface area contributed by atoms with Gasteiger partial charge < -0.3 is 10.2 Å². The summed E-state index contributed by atoms with van der Waals surface area (Å²) in [6.07, 6.45) is 4.98. The van der Waals surface area contributed by atoms with Gasteiger partial charge in [0.25, 0.3) is 0 Å². The lowest BCUT2D eigenvalue weighted by atomic mass is 10.1. The topological polar surface area (TPSA) is 32.3 Å². The molecule has 0 aromatic rings. The van der Waals surface area contributed by atoms with Crippen LogP contribution in [0, 0.1) is 0 Å². The van der Waals surface area contributed by atoms with Crippen molar-refractivity contribution >= 4 is 5.91 Å². The first-order valence-corrected chi connectivity index (χ1v) is 5.27. The van der Waals surface area contributed by atoms with E-state index in [0.717, 1.165) is 32.0 Å². The summed E-state index contributed by atoms with van der Waals surface area (Å²) >= 11 is 0. The fraction of sp³-hybridized carbons (Fsp3) is 0.900. The van der Waals surface area contributed by atoms with Crippen molar-refractivity contribution in [2.24, 2.45) is 0 Å². The molecule has 0 unspecified atom stereocenters. The van der Waals surface area contributed by atoms with E-state index >= 15 is 0 Å². The summed E-state index contributed by atoms with van der Waals surface area (Å²) in [5, 5.41) is 3.61. The molecule has 1 aliphatic carbocycles. The Labute approximate surface area is 79.5 Å². The van der Waals surface area contributed by atoms with Crippen LogP contribution in [0.5, 0.6) is 0 Å². The summed E-state index contributed by atoms with van der Waals surface area (Å²) in [6.45, 7) is 3.55. The third kappa shape index (κ3) is 2.44. The van der Waals surface area contributed by atoms with E-state index < -0.39 is 0 Å². The molecule has 13 heavy (non-hydrogen) atoms. The van der Waals surface area contributed by atoms with Gasteiger partial charge >= 0.3 is 0 Å². The molecule has 0 aromatic carbocycles. The fourth-order valence-electron chi connectivity index (χ4n) is 1.94. The van der Waals surface area contributed by atoms with E-state index in [4.69, 9.17) is 0 Å². The lowest BCUT2D eigenvalue weighted by Crippen LogP contribution is -2.44. The van der Waals surface area contributed by atoms with Crippen LogP contribution in [0.2, 0.25) is 0 Å². The smallest absolute Gasteiger partial charge is 0.219 e. The summed E-state index contributed by atoms with van der Waals surface area (Å²) in [6, 6.07) is 1.47. The normalized spacial score (nSPS) is 24.8. The highest BCUT2D eigenvalue weighted by atomic mass is 16.2. The highest BCUT2D eigenvalue weighted by Crippen LogP contribution is 2.22. The van der Waals surface area contributed by atoms with E-state index in [-0.39, 0.29) is 5.91 Å². The van der Waals surface area contributed by atoms with E-state index in [2.05, 4.69) is 5.32 Å². The third-order valence-corrected chi connectivity index (χ3v) is 2.99. The fourth-order valence-corrected chi connectivity index (χ4v) is 1.94. The quantitative estimate of drug-likeness (QED) is 0.683. The molecule has 2 aliphatic rings. The van der Waals surface area contributed by atoms with Crippen LogP contribution in [0.1, 0.15) is 32.6 Å². The van der Waals surface area contributed by atoms with Crippen molar-refractivity contribution in [1.82, 2.24) is 10.2 Å². The van der Waals surface area contributed by atoms with E-state index in [0.29, 0.717) is 6.04 Å². The average Bonchev–Trinajstić information content (AvgIpc) is 2.89. The van der Waals surface area contributed by atoms with Crippen LogP contribution in [0.3, 0.4) is 0 Å². The molecule has 1 N–H and O–H groups in total. The van der Waals surface area contributed by atoms with Gasteiger partial charge in [0.05, 0.1) is 0 Å². The van der Waals surface area contributed by atoms with Gasteiger partial charge in [-0.3, -0.25) is 4.79 Å². The second-order valence-electron chi connectivity index (χ2n) is 4.22. The zero-order chi connectivity index (χ0) is 9.26. The molecule has 1 heterocycles. The highest BCUT2D eigenvalue weighted by molar-refractivity contribution is 5.73. The minimum atomic E-state index is 0.227. The minimum absolute atomic E-state index is 0.227. The Bertz CT molecular complexity index is 193. The molecule has 2 rings (SSSR count). The van der Waals surface area contributed by atoms with Crippen molar-refractivity contribution in [2.75, 3.05) is 13.1 Å². The summed E-state index contributed by atoms with van der Waals surface area (Å²) in [7, 11) is 0. The van der Waals surface area contributed by atoms with Crippen LogP contribution >= 0.6 is 0 Å². The molecule has 0 atom stereocenters. The van der Waals surface area contributed by atoms with Crippen LogP contribution in [-0.2, 0) is 4.79 Å². The van der Waals surface area contributed by atoms with Crippen molar-refractivity contribution < 1.29 is 4.79 Å². The number of hydrogen-bond donors (Lipinski definition) is 1. The van der Waals surface area contributed by atoms with Crippen LogP contribution in [0.25, 0.3) is 0 Å². The monoisotopic (exact) mass is 182 g/mol. The Balaban J connectivity index is 1.71. The summed E-state index contributed by atoms with van der Waals surface area (Å²) < 4.78 is 0. The van der Waals surface area contributed by atoms with Gasteiger partial charge in [0.15, 0.2) is 0 Å². The molecule has 1 saturated carbocycles. The Kier molecular flexibility index (Phi) is 2.54. The Morgan fingerprint density at radius 2 is 1.69 bits per heavy atom. The Hall–Kier alpha value is -0.570. The van der Waals surface area contributed by atoms with Crippen molar-refractivity contribution in [3.8, 4) is 0 Å². The van der Waals surface area contributed by atoms with Crippen LogP contribution < -0.4 is 5.32 Å². The van der Waals surface area contributed by atoms with E-state index in [1.807, 2.05) is 4.90 Å². The second-order valence-corrected chi connectivity index (χ2v) is 4.22. The van der Waals surface area contributed by atoms with Gasteiger partial charge in [-0.2, -0.15) is 0 Å². The number of piperidine rings is 1. The van der Waals surface area contributed by atoms with E-state index in [1.54, 1.807) is 6.92 Å². The average molecular weight is 182 g/mol. The number of carbonyl (C=O) groups is 1. The van der Waals surface area contributed by atoms with Crippen LogP contribution in [0.4, 0.5) is 0 Å². The zero-order valence-electron chi connectivity index (χ0n) is 8.25. The van der Waals surface area contributed by atoms with Gasteiger partial charge in [-0.15, -0.1) is 0 Å². The van der Waals surface area contributed by atoms with Crippen molar-refractivity contribution in [3.05, 3.63) is 0 Å². The summed E-state index contributed by atoms with van der Waals surface area (Å²) in [5.74, 6) is 0.227. The molecule has 0 spiro atoms. The summed E-state index contributed by atoms with van der Waals surface area (Å²) in [5.41, 5.74) is 0. The first-order valence-electron chi connectivity index (χ1n) is 5.27. The third-order valence-electron chi connectivity index (χ3n) is 2.99. The van der Waals surface area contributed by atoms with E-state index in [1.165, 1.54) is 12.8 Å². The van der Waals surface area contributed by atoms with Gasteiger partial charge in [-0.25, -0.2) is 0 Å². The lowest BCUT2D eigenvalue weighted by molar-refractivity contribution is -0.129. The molecule has 1 saturated heterocycles. The lowest BCUT2D eigenvalue weighted by Gasteiger charge is -2.31. The zero-order valence-corrected chi connectivity index (χ0v) is 8.25. The Morgan fingerprint density at radius 1 is 1.15 bits per heavy atom. The highest BCUT2D eigenvalue weighted by Gasteiger charge is 2.27. The van der Waals surface area contributed by atoms with Crippen LogP contribution in [-0.4, -0.2) is 36.0 Å². The number of hydrogen-bond acceptors (Lipinski definition) is 2. The maximum Gasteiger partial charge on any atom is 0.219 e. The van der Waals surface area contributed by atoms with Crippen molar-refractivity contribution in [1.29, 1.82) is 0 Å². The van der Waals surface area contributed by atoms with Crippen LogP contribution in [0.15, 0.2) is 0 Å². The molecule has 3 nitrogen and oxygen atoms in total. The summed E-state index contributed by atoms with van der Waals surface area (Å²) in [4.78, 5) is 13.0.